The number of amides is 3. The van der Waals surface area contributed by atoms with Gasteiger partial charge in [-0.15, -0.1) is 0 Å². The van der Waals surface area contributed by atoms with Crippen molar-refractivity contribution < 1.29 is 19.1 Å². The highest BCUT2D eigenvalue weighted by Gasteiger charge is 2.33. The Balaban J connectivity index is 1.16. The van der Waals surface area contributed by atoms with E-state index in [1.807, 2.05) is 41.3 Å². The van der Waals surface area contributed by atoms with E-state index >= 15 is 0 Å². The summed E-state index contributed by atoms with van der Waals surface area (Å²) in [4.78, 5) is 31.2. The summed E-state index contributed by atoms with van der Waals surface area (Å²) in [5, 5.41) is 3.05. The molecule has 2 saturated heterocycles. The van der Waals surface area contributed by atoms with Gasteiger partial charge in [0.15, 0.2) is 11.5 Å². The molecule has 0 radical (unpaired) electrons. The number of anilines is 2. The van der Waals surface area contributed by atoms with Crippen LogP contribution in [0.2, 0.25) is 0 Å². The molecule has 0 bridgehead atoms. The monoisotopic (exact) mass is 422 g/mol. The van der Waals surface area contributed by atoms with Crippen LogP contribution in [0.4, 0.5) is 16.2 Å². The van der Waals surface area contributed by atoms with Crippen LogP contribution in [-0.4, -0.2) is 68.8 Å². The highest BCUT2D eigenvalue weighted by atomic mass is 16.6. The van der Waals surface area contributed by atoms with E-state index in [1.54, 1.807) is 4.90 Å². The second-order valence-electron chi connectivity index (χ2n) is 7.99. The van der Waals surface area contributed by atoms with E-state index in [9.17, 15) is 9.59 Å². The van der Waals surface area contributed by atoms with Gasteiger partial charge in [0.1, 0.15) is 13.2 Å². The Morgan fingerprint density at radius 2 is 1.65 bits per heavy atom. The Morgan fingerprint density at radius 3 is 2.42 bits per heavy atom. The molecule has 5 rings (SSSR count). The summed E-state index contributed by atoms with van der Waals surface area (Å²) >= 11 is 0. The molecule has 0 spiro atoms. The van der Waals surface area contributed by atoms with Crippen molar-refractivity contribution in [3.8, 4) is 11.5 Å². The molecule has 2 fully saturated rings. The first-order valence-corrected chi connectivity index (χ1v) is 10.7. The standard InChI is InChI=1S/C23H26N4O4/c28-22-14-17(16-27(22)19-6-7-20-21(15-19)31-13-12-30-20)24-23(29)26-10-8-25(9-11-26)18-4-2-1-3-5-18/h1-7,15,17H,8-14,16H2,(H,24,29)/t17-/m0/s1. The predicted octanol–water partition coefficient (Wildman–Crippen LogP) is 2.09. The summed E-state index contributed by atoms with van der Waals surface area (Å²) < 4.78 is 11.2. The second kappa shape index (κ2) is 8.37. The van der Waals surface area contributed by atoms with E-state index in [0.29, 0.717) is 50.8 Å². The van der Waals surface area contributed by atoms with Gasteiger partial charge in [-0.3, -0.25) is 4.79 Å². The van der Waals surface area contributed by atoms with Crippen LogP contribution in [0.25, 0.3) is 0 Å². The van der Waals surface area contributed by atoms with Gasteiger partial charge in [-0.25, -0.2) is 4.79 Å². The van der Waals surface area contributed by atoms with Gasteiger partial charge in [-0.2, -0.15) is 0 Å². The van der Waals surface area contributed by atoms with Gasteiger partial charge < -0.3 is 29.5 Å². The van der Waals surface area contributed by atoms with Crippen LogP contribution >= 0.6 is 0 Å². The average molecular weight is 422 g/mol. The highest BCUT2D eigenvalue weighted by molar-refractivity contribution is 5.97. The van der Waals surface area contributed by atoms with Crippen molar-refractivity contribution in [2.45, 2.75) is 12.5 Å². The third-order valence-electron chi connectivity index (χ3n) is 5.98. The van der Waals surface area contributed by atoms with Gasteiger partial charge >= 0.3 is 6.03 Å². The smallest absolute Gasteiger partial charge is 0.317 e. The van der Waals surface area contributed by atoms with E-state index in [0.717, 1.165) is 18.8 Å². The molecule has 1 N–H and O–H groups in total. The van der Waals surface area contributed by atoms with Crippen LogP contribution in [-0.2, 0) is 4.79 Å². The van der Waals surface area contributed by atoms with Gasteiger partial charge in [0.25, 0.3) is 0 Å². The van der Waals surface area contributed by atoms with Crippen molar-refractivity contribution in [3.05, 3.63) is 48.5 Å². The molecule has 2 aromatic rings. The number of nitrogens with one attached hydrogen (secondary N) is 1. The Bertz CT molecular complexity index is 959. The molecule has 3 heterocycles. The topological polar surface area (TPSA) is 74.3 Å². The molecule has 0 aromatic heterocycles. The number of hydrogen-bond acceptors (Lipinski definition) is 5. The molecule has 8 nitrogen and oxygen atoms in total. The van der Waals surface area contributed by atoms with Crippen LogP contribution in [0.3, 0.4) is 0 Å². The zero-order valence-corrected chi connectivity index (χ0v) is 17.3. The van der Waals surface area contributed by atoms with Crippen molar-refractivity contribution in [2.24, 2.45) is 0 Å². The average Bonchev–Trinajstić information content (AvgIpc) is 3.19. The number of urea groups is 1. The van der Waals surface area contributed by atoms with E-state index in [4.69, 9.17) is 9.47 Å². The van der Waals surface area contributed by atoms with Crippen LogP contribution in [0.1, 0.15) is 6.42 Å². The van der Waals surface area contributed by atoms with Crippen LogP contribution in [0, 0.1) is 0 Å². The first-order chi connectivity index (χ1) is 15.2. The predicted molar refractivity (Wildman–Crippen MR) is 117 cm³/mol. The fraction of sp³-hybridized carbons (Fsp3) is 0.391. The van der Waals surface area contributed by atoms with Crippen LogP contribution in [0.5, 0.6) is 11.5 Å². The van der Waals surface area contributed by atoms with Crippen LogP contribution in [0.15, 0.2) is 48.5 Å². The first-order valence-electron chi connectivity index (χ1n) is 10.7. The summed E-state index contributed by atoms with van der Waals surface area (Å²) in [5.74, 6) is 1.34. The zero-order valence-electron chi connectivity index (χ0n) is 17.3. The number of piperazine rings is 1. The molecule has 3 aliphatic heterocycles. The molecule has 31 heavy (non-hydrogen) atoms. The molecule has 1 atom stereocenters. The van der Waals surface area contributed by atoms with Gasteiger partial charge in [0, 0.05) is 56.6 Å². The summed E-state index contributed by atoms with van der Waals surface area (Å²) in [5.41, 5.74) is 1.95. The maximum absolute atomic E-state index is 12.8. The lowest BCUT2D eigenvalue weighted by atomic mass is 10.2. The second-order valence-corrected chi connectivity index (χ2v) is 7.99. The molecule has 8 heteroatoms. The molecule has 3 aliphatic rings. The molecule has 162 valence electrons. The van der Waals surface area contributed by atoms with Gasteiger partial charge in [0.05, 0.1) is 6.04 Å². The summed E-state index contributed by atoms with van der Waals surface area (Å²) in [7, 11) is 0. The lowest BCUT2D eigenvalue weighted by Crippen LogP contribution is -2.53. The van der Waals surface area contributed by atoms with Crippen molar-refractivity contribution in [1.29, 1.82) is 0 Å². The van der Waals surface area contributed by atoms with Gasteiger partial charge in [0.2, 0.25) is 5.91 Å². The third-order valence-corrected chi connectivity index (χ3v) is 5.98. The Hall–Kier alpha value is -3.42. The SMILES string of the molecule is O=C(N[C@H]1CC(=O)N(c2ccc3c(c2)OCCO3)C1)N1CCN(c2ccccc2)CC1. The van der Waals surface area contributed by atoms with E-state index in [-0.39, 0.29) is 18.0 Å². The fourth-order valence-corrected chi connectivity index (χ4v) is 4.33. The maximum atomic E-state index is 12.8. The minimum absolute atomic E-state index is 0.00382. The molecule has 0 saturated carbocycles. The van der Waals surface area contributed by atoms with E-state index < -0.39 is 0 Å². The summed E-state index contributed by atoms with van der Waals surface area (Å²) in [6, 6.07) is 15.4. The van der Waals surface area contributed by atoms with Crippen molar-refractivity contribution in [3.63, 3.8) is 0 Å². The summed E-state index contributed by atoms with van der Waals surface area (Å²) in [6.45, 7) is 4.40. The van der Waals surface area contributed by atoms with E-state index in [1.165, 1.54) is 5.69 Å². The number of carbonyl (C=O) groups excluding carboxylic acids is 2. The lowest BCUT2D eigenvalue weighted by Gasteiger charge is -2.36. The quantitative estimate of drug-likeness (QED) is 0.820. The first kappa shape index (κ1) is 19.5. The normalized spacial score (nSPS) is 20.7. The number of carbonyl (C=O) groups is 2. The number of nitrogens with zero attached hydrogens (tertiary/aromatic N) is 3. The van der Waals surface area contributed by atoms with Gasteiger partial charge in [-0.05, 0) is 24.3 Å². The van der Waals surface area contributed by atoms with Crippen molar-refractivity contribution in [1.82, 2.24) is 10.2 Å². The zero-order chi connectivity index (χ0) is 21.2. The lowest BCUT2D eigenvalue weighted by molar-refractivity contribution is -0.117. The largest absolute Gasteiger partial charge is 0.486 e. The molecular formula is C23H26N4O4. The minimum Gasteiger partial charge on any atom is -0.486 e. The van der Waals surface area contributed by atoms with Crippen molar-refractivity contribution in [2.75, 3.05) is 55.7 Å². The number of hydrogen-bond donors (Lipinski definition) is 1. The molecule has 2 aromatic carbocycles. The number of rotatable bonds is 3. The van der Waals surface area contributed by atoms with E-state index in [2.05, 4.69) is 22.3 Å². The Morgan fingerprint density at radius 1 is 0.903 bits per heavy atom. The molecule has 3 amide bonds. The minimum atomic E-state index is -0.208. The number of fused-ring (bicyclic) bond motifs is 1. The maximum Gasteiger partial charge on any atom is 0.317 e. The van der Waals surface area contributed by atoms with Crippen LogP contribution < -0.4 is 24.6 Å². The Labute approximate surface area is 181 Å². The number of ether oxygens (including phenoxy) is 2. The third kappa shape index (κ3) is 4.10. The fourth-order valence-electron chi connectivity index (χ4n) is 4.33. The van der Waals surface area contributed by atoms with Crippen molar-refractivity contribution >= 4 is 23.3 Å². The summed E-state index contributed by atoms with van der Waals surface area (Å²) in [6.07, 6.45) is 0.296. The number of para-hydroxylation sites is 1. The molecule has 0 aliphatic carbocycles. The number of benzene rings is 2. The molecular weight excluding hydrogens is 396 g/mol. The molecule has 0 unspecified atom stereocenters. The Kier molecular flexibility index (Phi) is 5.28. The highest BCUT2D eigenvalue weighted by Crippen LogP contribution is 2.35. The van der Waals surface area contributed by atoms with Gasteiger partial charge in [-0.1, -0.05) is 18.2 Å².